The first kappa shape index (κ1) is 23.3. The molecule has 1 atom stereocenters. The van der Waals surface area contributed by atoms with Crippen LogP contribution in [0.2, 0.25) is 5.02 Å². The number of aliphatic hydroxyl groups is 1. The Labute approximate surface area is 194 Å². The van der Waals surface area contributed by atoms with Crippen molar-refractivity contribution in [2.75, 3.05) is 25.1 Å². The maximum atomic E-state index is 14.5. The van der Waals surface area contributed by atoms with Gasteiger partial charge in [-0.2, -0.15) is 0 Å². The van der Waals surface area contributed by atoms with Gasteiger partial charge in [-0.25, -0.2) is 18.7 Å². The molecule has 2 N–H and O–H groups in total. The zero-order chi connectivity index (χ0) is 23.4. The molecule has 0 aliphatic carbocycles. The van der Waals surface area contributed by atoms with Crippen molar-refractivity contribution in [1.29, 1.82) is 0 Å². The minimum Gasteiger partial charge on any atom is -0.396 e. The van der Waals surface area contributed by atoms with Crippen molar-refractivity contribution in [3.8, 4) is 11.3 Å². The van der Waals surface area contributed by atoms with E-state index in [1.807, 2.05) is 0 Å². The maximum Gasteiger partial charge on any atom is 0.251 e. The molecule has 1 aromatic carbocycles. The van der Waals surface area contributed by atoms with Gasteiger partial charge in [-0.3, -0.25) is 4.79 Å². The lowest BCUT2D eigenvalue weighted by molar-refractivity contribution is 0.0903. The number of aromatic nitrogens is 3. The molecule has 1 aliphatic heterocycles. The molecule has 1 saturated heterocycles. The number of hydrogen-bond acceptors (Lipinski definition) is 6. The number of ether oxygens (including phenoxy) is 1. The van der Waals surface area contributed by atoms with Gasteiger partial charge in [0.2, 0.25) is 5.95 Å². The molecule has 1 unspecified atom stereocenters. The Morgan fingerprint density at radius 3 is 2.70 bits per heavy atom. The number of aliphatic hydroxyl groups excluding tert-OH is 1. The highest BCUT2D eigenvalue weighted by Gasteiger charge is 2.19. The van der Waals surface area contributed by atoms with Gasteiger partial charge in [-0.1, -0.05) is 17.7 Å². The molecule has 2 aromatic heterocycles. The van der Waals surface area contributed by atoms with Crippen molar-refractivity contribution in [2.45, 2.75) is 31.3 Å². The van der Waals surface area contributed by atoms with Gasteiger partial charge in [-0.05, 0) is 43.0 Å². The molecule has 33 heavy (non-hydrogen) atoms. The van der Waals surface area contributed by atoms with E-state index in [0.29, 0.717) is 18.8 Å². The topological polar surface area (TPSA) is 89.3 Å². The van der Waals surface area contributed by atoms with Crippen LogP contribution in [0, 0.1) is 11.6 Å². The monoisotopic (exact) mass is 476 g/mol. The molecule has 10 heteroatoms. The Balaban J connectivity index is 1.64. The highest BCUT2D eigenvalue weighted by molar-refractivity contribution is 6.30. The average molecular weight is 477 g/mol. The van der Waals surface area contributed by atoms with Crippen molar-refractivity contribution in [2.24, 2.45) is 0 Å². The fourth-order valence-corrected chi connectivity index (χ4v) is 3.98. The molecule has 174 valence electrons. The first-order valence-corrected chi connectivity index (χ1v) is 11.0. The van der Waals surface area contributed by atoms with Crippen LogP contribution in [0.5, 0.6) is 0 Å². The van der Waals surface area contributed by atoms with E-state index in [0.717, 1.165) is 19.0 Å². The molecule has 0 bridgehead atoms. The Bertz CT molecular complexity index is 1180. The van der Waals surface area contributed by atoms with E-state index in [2.05, 4.69) is 15.3 Å². The molecule has 3 heterocycles. The SMILES string of the molecule is O=c1cc(-c2nc(NC3CCOCC3)ncc2F)ccn1C(CCO)c1ccc(Cl)c(F)c1. The Morgan fingerprint density at radius 1 is 1.21 bits per heavy atom. The number of nitrogens with one attached hydrogen (secondary N) is 1. The number of benzene rings is 1. The van der Waals surface area contributed by atoms with E-state index < -0.39 is 23.2 Å². The van der Waals surface area contributed by atoms with Crippen LogP contribution in [-0.2, 0) is 4.74 Å². The van der Waals surface area contributed by atoms with Gasteiger partial charge in [0.15, 0.2) is 5.82 Å². The zero-order valence-electron chi connectivity index (χ0n) is 17.7. The third kappa shape index (κ3) is 5.38. The predicted molar refractivity (Wildman–Crippen MR) is 120 cm³/mol. The summed E-state index contributed by atoms with van der Waals surface area (Å²) in [7, 11) is 0. The highest BCUT2D eigenvalue weighted by atomic mass is 35.5. The van der Waals surface area contributed by atoms with E-state index in [4.69, 9.17) is 16.3 Å². The quantitative estimate of drug-likeness (QED) is 0.539. The smallest absolute Gasteiger partial charge is 0.251 e. The molecular weight excluding hydrogens is 454 g/mol. The van der Waals surface area contributed by atoms with Crippen LogP contribution >= 0.6 is 11.6 Å². The zero-order valence-corrected chi connectivity index (χ0v) is 18.4. The maximum absolute atomic E-state index is 14.5. The molecule has 0 spiro atoms. The molecule has 0 radical (unpaired) electrons. The molecule has 0 saturated carbocycles. The summed E-state index contributed by atoms with van der Waals surface area (Å²) in [6, 6.07) is 6.57. The Hall–Kier alpha value is -2.88. The minimum atomic E-state index is -0.656. The molecular formula is C23H23ClF2N4O3. The van der Waals surface area contributed by atoms with Crippen molar-refractivity contribution in [3.05, 3.63) is 75.3 Å². The third-order valence-electron chi connectivity index (χ3n) is 5.59. The van der Waals surface area contributed by atoms with Crippen LogP contribution in [0.25, 0.3) is 11.3 Å². The minimum absolute atomic E-state index is 0.0000509. The van der Waals surface area contributed by atoms with Crippen LogP contribution in [0.4, 0.5) is 14.7 Å². The summed E-state index contributed by atoms with van der Waals surface area (Å²) in [5.41, 5.74) is 0.325. The Morgan fingerprint density at radius 2 is 2.00 bits per heavy atom. The normalized spacial score (nSPS) is 15.4. The number of hydrogen-bond donors (Lipinski definition) is 2. The molecule has 4 rings (SSSR count). The summed E-state index contributed by atoms with van der Waals surface area (Å²) in [6.07, 6.45) is 4.33. The molecule has 1 fully saturated rings. The van der Waals surface area contributed by atoms with E-state index in [-0.39, 0.29) is 41.3 Å². The second-order valence-corrected chi connectivity index (χ2v) is 8.19. The van der Waals surface area contributed by atoms with Crippen LogP contribution < -0.4 is 10.9 Å². The molecule has 1 aliphatic rings. The van der Waals surface area contributed by atoms with Crippen molar-refractivity contribution in [3.63, 3.8) is 0 Å². The highest BCUT2D eigenvalue weighted by Crippen LogP contribution is 2.26. The first-order chi connectivity index (χ1) is 16.0. The standard InChI is InChI=1S/C23H23ClF2N4O3/c24-17-2-1-14(11-18(17)25)20(4-8-31)30-7-3-15(12-21(30)32)22-19(26)13-27-23(29-22)28-16-5-9-33-10-6-16/h1-3,7,11-13,16,20,31H,4-6,8-10H2,(H,27,28,29). The average Bonchev–Trinajstić information content (AvgIpc) is 2.81. The molecule has 3 aromatic rings. The number of pyridine rings is 1. The van der Waals surface area contributed by atoms with Gasteiger partial charge in [0.25, 0.3) is 5.56 Å². The lowest BCUT2D eigenvalue weighted by atomic mass is 10.0. The first-order valence-electron chi connectivity index (χ1n) is 10.6. The van der Waals surface area contributed by atoms with Crippen molar-refractivity contribution in [1.82, 2.24) is 14.5 Å². The summed E-state index contributed by atoms with van der Waals surface area (Å²) in [5, 5.41) is 12.6. The number of rotatable bonds is 7. The summed E-state index contributed by atoms with van der Waals surface area (Å²) < 4.78 is 35.2. The summed E-state index contributed by atoms with van der Waals surface area (Å²) >= 11 is 5.77. The van der Waals surface area contributed by atoms with Crippen LogP contribution in [0.15, 0.2) is 47.5 Å². The molecule has 7 nitrogen and oxygen atoms in total. The van der Waals surface area contributed by atoms with Gasteiger partial charge in [0.1, 0.15) is 11.5 Å². The predicted octanol–water partition coefficient (Wildman–Crippen LogP) is 3.80. The van der Waals surface area contributed by atoms with Gasteiger partial charge in [0, 0.05) is 43.7 Å². The fourth-order valence-electron chi connectivity index (χ4n) is 3.87. The van der Waals surface area contributed by atoms with Gasteiger partial charge in [-0.15, -0.1) is 0 Å². The van der Waals surface area contributed by atoms with Crippen LogP contribution in [0.3, 0.4) is 0 Å². The van der Waals surface area contributed by atoms with Gasteiger partial charge in [0.05, 0.1) is 17.3 Å². The summed E-state index contributed by atoms with van der Waals surface area (Å²) in [6.45, 7) is 1.05. The third-order valence-corrected chi connectivity index (χ3v) is 5.89. The van der Waals surface area contributed by atoms with Crippen LogP contribution in [-0.4, -0.2) is 45.5 Å². The largest absolute Gasteiger partial charge is 0.396 e. The van der Waals surface area contributed by atoms with E-state index in [1.165, 1.54) is 29.0 Å². The second-order valence-electron chi connectivity index (χ2n) is 7.78. The van der Waals surface area contributed by atoms with Gasteiger partial charge >= 0.3 is 0 Å². The second kappa shape index (κ2) is 10.4. The Kier molecular flexibility index (Phi) is 7.32. The van der Waals surface area contributed by atoms with Crippen LogP contribution in [0.1, 0.15) is 30.9 Å². The van der Waals surface area contributed by atoms with E-state index in [1.54, 1.807) is 12.1 Å². The fraction of sp³-hybridized carbons (Fsp3) is 0.348. The van der Waals surface area contributed by atoms with Crippen molar-refractivity contribution < 1.29 is 18.6 Å². The van der Waals surface area contributed by atoms with E-state index in [9.17, 15) is 18.7 Å². The number of anilines is 1. The number of nitrogens with zero attached hydrogens (tertiary/aromatic N) is 3. The molecule has 0 amide bonds. The summed E-state index contributed by atoms with van der Waals surface area (Å²) in [5.74, 6) is -0.997. The van der Waals surface area contributed by atoms with Gasteiger partial charge < -0.3 is 19.7 Å². The lowest BCUT2D eigenvalue weighted by Gasteiger charge is -2.23. The lowest BCUT2D eigenvalue weighted by Crippen LogP contribution is -2.28. The van der Waals surface area contributed by atoms with Crippen molar-refractivity contribution >= 4 is 17.5 Å². The van der Waals surface area contributed by atoms with E-state index >= 15 is 0 Å². The number of halogens is 3. The summed E-state index contributed by atoms with van der Waals surface area (Å²) in [4.78, 5) is 21.2.